The van der Waals surface area contributed by atoms with Crippen molar-refractivity contribution < 1.29 is 51.0 Å². The number of benzene rings is 4. The molecule has 0 saturated heterocycles. The summed E-state index contributed by atoms with van der Waals surface area (Å²) in [5.74, 6) is 0. The Balaban J connectivity index is 0.000000241. The van der Waals surface area contributed by atoms with Crippen molar-refractivity contribution in [3.8, 4) is 0 Å². The van der Waals surface area contributed by atoms with Crippen molar-refractivity contribution >= 4 is 57.9 Å². The zero-order valence-electron chi connectivity index (χ0n) is 19.7. The fraction of sp³-hybridized carbons (Fsp3) is 0.0714. The maximum atomic E-state index is 2.26. The van der Waals surface area contributed by atoms with E-state index in [0.29, 0.717) is 10.8 Å². The summed E-state index contributed by atoms with van der Waals surface area (Å²) >= 11 is 0. The summed E-state index contributed by atoms with van der Waals surface area (Å²) in [6.45, 7) is 0. The Kier molecular flexibility index (Phi) is 15.7. The third kappa shape index (κ3) is 9.49. The minimum absolute atomic E-state index is 0. The van der Waals surface area contributed by atoms with Gasteiger partial charge in [0.05, 0.1) is 10.1 Å². The van der Waals surface area contributed by atoms with E-state index in [2.05, 4.69) is 121 Å². The zero-order chi connectivity index (χ0) is 23.0. The van der Waals surface area contributed by atoms with Gasteiger partial charge >= 0.3 is 26.2 Å². The molecule has 4 unspecified atom stereocenters. The summed E-state index contributed by atoms with van der Waals surface area (Å²) in [7, 11) is 8.05. The van der Waals surface area contributed by atoms with Gasteiger partial charge in [0.2, 0.25) is 0 Å². The van der Waals surface area contributed by atoms with Gasteiger partial charge in [0.15, 0.2) is 26.5 Å². The Bertz CT molecular complexity index is 1240. The number of rotatable bonds is 4. The fourth-order valence-corrected chi connectivity index (χ4v) is 17.4. The molecule has 0 fully saturated rings. The Morgan fingerprint density at radius 3 is 1.05 bits per heavy atom. The molecular formula is C28H24Cl2P6Zr+2. The second kappa shape index (κ2) is 17.5. The molecule has 0 spiro atoms. The molecule has 0 saturated carbocycles. The Hall–Kier alpha value is -0.117. The van der Waals surface area contributed by atoms with Crippen LogP contribution in [-0.4, -0.2) is 10.1 Å². The molecule has 2 aliphatic rings. The quantitative estimate of drug-likeness (QED) is 0.270. The van der Waals surface area contributed by atoms with Crippen molar-refractivity contribution in [1.82, 2.24) is 0 Å². The molecule has 2 heterocycles. The van der Waals surface area contributed by atoms with Crippen molar-refractivity contribution in [2.24, 2.45) is 0 Å². The van der Waals surface area contributed by atoms with E-state index in [1.165, 1.54) is 54.4 Å². The molecule has 0 nitrogen and oxygen atoms in total. The van der Waals surface area contributed by atoms with Crippen LogP contribution in [0.15, 0.2) is 121 Å². The van der Waals surface area contributed by atoms with Crippen LogP contribution in [0.25, 0.3) is 0 Å². The van der Waals surface area contributed by atoms with Gasteiger partial charge in [-0.15, -0.1) is 0 Å². The zero-order valence-corrected chi connectivity index (χ0v) is 29.3. The van der Waals surface area contributed by atoms with Crippen LogP contribution in [0.3, 0.4) is 0 Å². The van der Waals surface area contributed by atoms with E-state index < -0.39 is 0 Å². The predicted molar refractivity (Wildman–Crippen MR) is 164 cm³/mol. The minimum Gasteiger partial charge on any atom is -1.00 e. The summed E-state index contributed by atoms with van der Waals surface area (Å²) in [6, 6.07) is 43.4. The Morgan fingerprint density at radius 2 is 0.730 bits per heavy atom. The van der Waals surface area contributed by atoms with Gasteiger partial charge in [-0.2, -0.15) is 0 Å². The van der Waals surface area contributed by atoms with Crippen LogP contribution in [0, 0.1) is 0 Å². The third-order valence-corrected chi connectivity index (χ3v) is 18.7. The van der Waals surface area contributed by atoms with Crippen molar-refractivity contribution in [2.45, 2.75) is 10.8 Å². The van der Waals surface area contributed by atoms with Crippen LogP contribution < -0.4 is 24.8 Å². The van der Waals surface area contributed by atoms with Gasteiger partial charge in [-0.25, -0.2) is 0 Å². The molecular weight excluding hydrogens is 684 g/mol. The molecule has 9 heteroatoms. The van der Waals surface area contributed by atoms with Gasteiger partial charge in [0.1, 0.15) is 15.7 Å². The van der Waals surface area contributed by atoms with Crippen LogP contribution >= 0.6 is 47.9 Å². The largest absolute Gasteiger partial charge is 2.00 e. The average molecular weight is 708 g/mol. The normalized spacial score (nSPS) is 19.2. The van der Waals surface area contributed by atoms with Crippen molar-refractivity contribution in [1.29, 1.82) is 0 Å². The maximum Gasteiger partial charge on any atom is 2.00 e. The summed E-state index contributed by atoms with van der Waals surface area (Å²) < 4.78 is 0. The monoisotopic (exact) mass is 706 g/mol. The van der Waals surface area contributed by atoms with Gasteiger partial charge < -0.3 is 24.8 Å². The first-order chi connectivity index (χ1) is 16.9. The van der Waals surface area contributed by atoms with Crippen LogP contribution in [-0.2, 0) is 26.2 Å². The molecule has 4 atom stereocenters. The van der Waals surface area contributed by atoms with Gasteiger partial charge in [-0.1, -0.05) is 121 Å². The average Bonchev–Trinajstić information content (AvgIpc) is 3.62. The van der Waals surface area contributed by atoms with E-state index in [0.717, 1.165) is 15.7 Å². The van der Waals surface area contributed by atoms with Crippen LogP contribution in [0.2, 0.25) is 0 Å². The molecule has 0 aliphatic carbocycles. The van der Waals surface area contributed by atoms with Crippen molar-refractivity contribution in [3.63, 3.8) is 0 Å². The van der Waals surface area contributed by atoms with E-state index in [-0.39, 0.29) is 51.0 Å². The van der Waals surface area contributed by atoms with Crippen LogP contribution in [0.5, 0.6) is 0 Å². The molecule has 4 aromatic carbocycles. The minimum atomic E-state index is 0. The molecule has 0 N–H and O–H groups in total. The van der Waals surface area contributed by atoms with Gasteiger partial charge in [-0.05, 0) is 27.5 Å². The van der Waals surface area contributed by atoms with E-state index >= 15 is 0 Å². The summed E-state index contributed by atoms with van der Waals surface area (Å²) in [5, 5.41) is 4.59. The molecule has 0 radical (unpaired) electrons. The van der Waals surface area contributed by atoms with Crippen LogP contribution in [0.1, 0.15) is 33.1 Å². The number of hydrogen-bond donors (Lipinski definition) is 0. The maximum absolute atomic E-state index is 2.26. The molecule has 2 aliphatic heterocycles. The van der Waals surface area contributed by atoms with E-state index in [9.17, 15) is 0 Å². The topological polar surface area (TPSA) is 0 Å². The molecule has 0 bridgehead atoms. The first kappa shape index (κ1) is 33.1. The van der Waals surface area contributed by atoms with Crippen molar-refractivity contribution in [2.75, 3.05) is 0 Å². The van der Waals surface area contributed by atoms with E-state index in [1.54, 1.807) is 10.1 Å². The summed E-state index contributed by atoms with van der Waals surface area (Å²) in [4.78, 5) is 0. The molecule has 4 aromatic rings. The van der Waals surface area contributed by atoms with Gasteiger partial charge in [0, 0.05) is 11.1 Å². The Labute approximate surface area is 261 Å². The molecule has 182 valence electrons. The first-order valence-electron chi connectivity index (χ1n) is 11.2. The molecule has 0 amide bonds. The van der Waals surface area contributed by atoms with E-state index in [1.807, 2.05) is 0 Å². The second-order valence-corrected chi connectivity index (χ2v) is 17.8. The second-order valence-electron chi connectivity index (χ2n) is 7.75. The van der Waals surface area contributed by atoms with Gasteiger partial charge in [0.25, 0.3) is 0 Å². The standard InChI is InChI=1S/2C14H11P3.2ClH.Zr/c2*1-3-7-11(8-4-1)13-15-14(17-16-13)12-9-5-2-6-10-12;;;/h2*1-10,13H;2*1H;/q;;;;+2. The fourth-order valence-electron chi connectivity index (χ4n) is 3.63. The summed E-state index contributed by atoms with van der Waals surface area (Å²) in [5.41, 5.74) is 5.82. The summed E-state index contributed by atoms with van der Waals surface area (Å²) in [6.07, 6.45) is 0. The molecule has 37 heavy (non-hydrogen) atoms. The first-order valence-corrected chi connectivity index (χ1v) is 18.7. The smallest absolute Gasteiger partial charge is 1.00 e. The Morgan fingerprint density at radius 1 is 0.432 bits per heavy atom. The number of halogens is 2. The van der Waals surface area contributed by atoms with E-state index in [4.69, 9.17) is 0 Å². The van der Waals surface area contributed by atoms with Crippen LogP contribution in [0.4, 0.5) is 0 Å². The van der Waals surface area contributed by atoms with Gasteiger partial charge in [-0.3, -0.25) is 0 Å². The van der Waals surface area contributed by atoms with Crippen molar-refractivity contribution in [3.05, 3.63) is 144 Å². The predicted octanol–water partition coefficient (Wildman–Crippen LogP) is 4.73. The SMILES string of the molecule is [Cl-].[Cl-].[Zr+2].c1ccc(C2=PC(c3ccccc3)[PH+]=P2)cc1.c1ccc(C2=PC(c3ccccc3)[PH+]=P2)cc1. The molecule has 0 aromatic heterocycles. The number of hydrogen-bond acceptors (Lipinski definition) is 0. The third-order valence-electron chi connectivity index (χ3n) is 5.38. The molecule has 6 rings (SSSR count).